The van der Waals surface area contributed by atoms with Crippen LogP contribution in [0, 0.1) is 5.92 Å². The summed E-state index contributed by atoms with van der Waals surface area (Å²) in [4.78, 5) is 37.2. The van der Waals surface area contributed by atoms with Gasteiger partial charge in [0.1, 0.15) is 0 Å². The molecular formula is C35H40ClN5O2. The normalized spacial score (nSPS) is 18.2. The summed E-state index contributed by atoms with van der Waals surface area (Å²) < 4.78 is 0. The molecule has 0 aliphatic carbocycles. The lowest BCUT2D eigenvalue weighted by molar-refractivity contribution is -0.121. The maximum Gasteiger partial charge on any atom is 0.253 e. The number of H-pyrrole nitrogens is 1. The third-order valence-corrected chi connectivity index (χ3v) is 9.04. The van der Waals surface area contributed by atoms with Crippen LogP contribution in [-0.2, 0) is 17.6 Å². The van der Waals surface area contributed by atoms with E-state index < -0.39 is 6.04 Å². The molecule has 0 spiro atoms. The second-order valence-corrected chi connectivity index (χ2v) is 12.7. The van der Waals surface area contributed by atoms with Crippen LogP contribution in [0.2, 0.25) is 5.02 Å². The van der Waals surface area contributed by atoms with Crippen molar-refractivity contribution in [3.8, 4) is 0 Å². The van der Waals surface area contributed by atoms with Crippen molar-refractivity contribution in [3.05, 3.63) is 101 Å². The van der Waals surface area contributed by atoms with Crippen molar-refractivity contribution in [2.75, 3.05) is 45.2 Å². The van der Waals surface area contributed by atoms with Gasteiger partial charge in [0, 0.05) is 65.6 Å². The third-order valence-electron chi connectivity index (χ3n) is 8.81. The Hall–Kier alpha value is -3.65. The first-order chi connectivity index (χ1) is 20.9. The number of anilines is 1. The number of halogens is 1. The van der Waals surface area contributed by atoms with Gasteiger partial charge in [-0.25, -0.2) is 0 Å². The van der Waals surface area contributed by atoms with Crippen molar-refractivity contribution in [3.63, 3.8) is 0 Å². The zero-order valence-electron chi connectivity index (χ0n) is 24.9. The molecular weight excluding hydrogens is 558 g/mol. The number of aromatic amines is 1. The number of amides is 2. The number of hydrogen-bond acceptors (Lipinski definition) is 4. The number of likely N-dealkylation sites (tertiary alicyclic amines) is 1. The molecule has 3 aromatic carbocycles. The third kappa shape index (κ3) is 6.64. The number of aromatic nitrogens is 1. The molecule has 2 atom stereocenters. The minimum absolute atomic E-state index is 0.0704. The number of fused-ring (bicyclic) bond motifs is 2. The van der Waals surface area contributed by atoms with Crippen LogP contribution in [0.1, 0.15) is 34.3 Å². The van der Waals surface area contributed by atoms with Gasteiger partial charge in [0.2, 0.25) is 5.91 Å². The monoisotopic (exact) mass is 597 g/mol. The lowest BCUT2D eigenvalue weighted by atomic mass is 9.90. The zero-order chi connectivity index (χ0) is 29.9. The molecule has 3 heterocycles. The van der Waals surface area contributed by atoms with E-state index in [1.807, 2.05) is 76.7 Å². The highest BCUT2D eigenvalue weighted by Gasteiger charge is 2.35. The lowest BCUT2D eigenvalue weighted by Crippen LogP contribution is -2.56. The molecule has 1 fully saturated rings. The number of carbonyl (C=O) groups excluding carboxylic acids is 2. The predicted octanol–water partition coefficient (Wildman–Crippen LogP) is 5.39. The molecule has 43 heavy (non-hydrogen) atoms. The molecule has 224 valence electrons. The van der Waals surface area contributed by atoms with Crippen molar-refractivity contribution in [1.82, 2.24) is 20.1 Å². The number of carbonyl (C=O) groups is 2. The van der Waals surface area contributed by atoms with Gasteiger partial charge in [0.05, 0.1) is 6.04 Å². The van der Waals surface area contributed by atoms with Crippen LogP contribution in [-0.4, -0.2) is 79.0 Å². The number of para-hydroxylation sites is 1. The number of piperidine rings is 1. The molecule has 1 aromatic heterocycles. The average Bonchev–Trinajstić information content (AvgIpc) is 3.42. The standard InChI is InChI=1S/C35H40ClN5O2/c1-39(2)22-24-18-26-19-28(36)12-13-33(26)41(23-24)35(43)32(20-27-21-37-31-11-7-6-10-30(27)31)38-29-14-16-40(17-15-29)34(42)25-8-4-3-5-9-25/h3-13,19,21,24,29,32,37-38H,14-18,20,22-23H2,1-2H3/t24-,32-/m1/s1. The van der Waals surface area contributed by atoms with Crippen LogP contribution in [0.15, 0.2) is 79.0 Å². The summed E-state index contributed by atoms with van der Waals surface area (Å²) in [6, 6.07) is 23.3. The van der Waals surface area contributed by atoms with Gasteiger partial charge in [-0.2, -0.15) is 0 Å². The molecule has 0 bridgehead atoms. The van der Waals surface area contributed by atoms with E-state index in [-0.39, 0.29) is 17.9 Å². The molecule has 2 aliphatic rings. The van der Waals surface area contributed by atoms with Gasteiger partial charge in [0.15, 0.2) is 0 Å². The van der Waals surface area contributed by atoms with Gasteiger partial charge in [-0.05, 0) is 93.2 Å². The Morgan fingerprint density at radius 2 is 1.77 bits per heavy atom. The van der Waals surface area contributed by atoms with Gasteiger partial charge in [-0.15, -0.1) is 0 Å². The van der Waals surface area contributed by atoms with Crippen molar-refractivity contribution >= 4 is 40.0 Å². The Labute approximate surface area is 258 Å². The number of hydrogen-bond donors (Lipinski definition) is 2. The van der Waals surface area contributed by atoms with E-state index in [0.29, 0.717) is 37.0 Å². The Morgan fingerprint density at radius 3 is 2.53 bits per heavy atom. The van der Waals surface area contributed by atoms with Gasteiger partial charge in [-0.3, -0.25) is 9.59 Å². The fourth-order valence-corrected chi connectivity index (χ4v) is 6.98. The summed E-state index contributed by atoms with van der Waals surface area (Å²) in [5, 5.41) is 5.61. The van der Waals surface area contributed by atoms with Crippen molar-refractivity contribution in [2.45, 2.75) is 37.8 Å². The first-order valence-electron chi connectivity index (χ1n) is 15.3. The maximum atomic E-state index is 14.6. The fraction of sp³-hybridized carbons (Fsp3) is 0.371. The highest BCUT2D eigenvalue weighted by Crippen LogP contribution is 2.33. The van der Waals surface area contributed by atoms with Crippen LogP contribution in [0.5, 0.6) is 0 Å². The van der Waals surface area contributed by atoms with Crippen LogP contribution in [0.25, 0.3) is 10.9 Å². The topological polar surface area (TPSA) is 71.7 Å². The minimum atomic E-state index is -0.415. The van der Waals surface area contributed by atoms with E-state index in [1.165, 1.54) is 0 Å². The first-order valence-corrected chi connectivity index (χ1v) is 15.6. The second kappa shape index (κ2) is 12.9. The van der Waals surface area contributed by atoms with Crippen molar-refractivity contribution in [1.29, 1.82) is 0 Å². The summed E-state index contributed by atoms with van der Waals surface area (Å²) in [6.07, 6.45) is 5.10. The molecule has 7 nitrogen and oxygen atoms in total. The Balaban J connectivity index is 1.24. The summed E-state index contributed by atoms with van der Waals surface area (Å²) in [5.41, 5.74) is 4.99. The van der Waals surface area contributed by atoms with Gasteiger partial charge >= 0.3 is 0 Å². The van der Waals surface area contributed by atoms with Crippen LogP contribution < -0.4 is 10.2 Å². The van der Waals surface area contributed by atoms with E-state index in [2.05, 4.69) is 41.4 Å². The number of nitrogens with zero attached hydrogens (tertiary/aromatic N) is 3. The lowest BCUT2D eigenvalue weighted by Gasteiger charge is -2.39. The fourth-order valence-electron chi connectivity index (χ4n) is 6.78. The minimum Gasteiger partial charge on any atom is -0.361 e. The molecule has 1 saturated heterocycles. The molecule has 0 saturated carbocycles. The molecule has 2 aliphatic heterocycles. The molecule has 2 N–H and O–H groups in total. The van der Waals surface area contributed by atoms with E-state index in [4.69, 9.17) is 11.6 Å². The van der Waals surface area contributed by atoms with Crippen molar-refractivity contribution < 1.29 is 9.59 Å². The zero-order valence-corrected chi connectivity index (χ0v) is 25.7. The first kappa shape index (κ1) is 29.4. The molecule has 0 unspecified atom stereocenters. The predicted molar refractivity (Wildman–Crippen MR) is 174 cm³/mol. The van der Waals surface area contributed by atoms with E-state index in [1.54, 1.807) is 0 Å². The number of benzene rings is 3. The molecule has 6 rings (SSSR count). The molecule has 2 amide bonds. The average molecular weight is 598 g/mol. The summed E-state index contributed by atoms with van der Waals surface area (Å²) in [5.74, 6) is 0.465. The summed E-state index contributed by atoms with van der Waals surface area (Å²) >= 11 is 6.41. The Bertz CT molecular complexity index is 1580. The van der Waals surface area contributed by atoms with E-state index in [9.17, 15) is 9.59 Å². The second-order valence-electron chi connectivity index (χ2n) is 12.3. The van der Waals surface area contributed by atoms with Gasteiger partial charge < -0.3 is 25.0 Å². The molecule has 4 aromatic rings. The number of rotatable bonds is 8. The van der Waals surface area contributed by atoms with Gasteiger partial charge in [-0.1, -0.05) is 48.0 Å². The highest BCUT2D eigenvalue weighted by atomic mass is 35.5. The van der Waals surface area contributed by atoms with Crippen LogP contribution in [0.4, 0.5) is 5.69 Å². The number of nitrogens with one attached hydrogen (secondary N) is 2. The van der Waals surface area contributed by atoms with Crippen LogP contribution in [0.3, 0.4) is 0 Å². The highest BCUT2D eigenvalue weighted by molar-refractivity contribution is 6.30. The molecule has 8 heteroatoms. The quantitative estimate of drug-likeness (QED) is 0.286. The largest absolute Gasteiger partial charge is 0.361 e. The van der Waals surface area contributed by atoms with Gasteiger partial charge in [0.25, 0.3) is 5.91 Å². The van der Waals surface area contributed by atoms with E-state index >= 15 is 0 Å². The SMILES string of the molecule is CN(C)C[C@H]1Cc2cc(Cl)ccc2N(C(=O)[C@@H](Cc2c[nH]c3ccccc23)NC2CCN(C(=O)c3ccccc3)CC2)C1. The van der Waals surface area contributed by atoms with E-state index in [0.717, 1.165) is 59.1 Å². The smallest absolute Gasteiger partial charge is 0.253 e. The van der Waals surface area contributed by atoms with Crippen molar-refractivity contribution in [2.24, 2.45) is 5.92 Å². The Morgan fingerprint density at radius 1 is 1.02 bits per heavy atom. The maximum absolute atomic E-state index is 14.6. The Kier molecular flexibility index (Phi) is 8.84. The molecule has 0 radical (unpaired) electrons. The summed E-state index contributed by atoms with van der Waals surface area (Å²) in [7, 11) is 4.16. The van der Waals surface area contributed by atoms with Crippen LogP contribution >= 0.6 is 11.6 Å². The summed E-state index contributed by atoms with van der Waals surface area (Å²) in [6.45, 7) is 2.89.